The highest BCUT2D eigenvalue weighted by atomic mass is 16.6. The maximum absolute atomic E-state index is 11.5. The molecule has 0 aliphatic heterocycles. The second-order valence-electron chi connectivity index (χ2n) is 5.56. The number of nitro groups is 1. The largest absolute Gasteiger partial charge is 0.490 e. The molecule has 0 aromatic heterocycles. The van der Waals surface area contributed by atoms with Crippen LogP contribution >= 0.6 is 0 Å². The van der Waals surface area contributed by atoms with Gasteiger partial charge in [0, 0.05) is 12.1 Å². The van der Waals surface area contributed by atoms with Gasteiger partial charge in [-0.05, 0) is 26.8 Å². The van der Waals surface area contributed by atoms with Crippen LogP contribution < -0.4 is 9.47 Å². The van der Waals surface area contributed by atoms with Crippen molar-refractivity contribution in [2.75, 3.05) is 26.9 Å². The minimum Gasteiger partial charge on any atom is -0.490 e. The SMILES string of the molecule is COc1cc(OCC(=O)OCCOC(C)(C)C)ccc1[N+](=O)[O-]. The minimum absolute atomic E-state index is 0.0550. The number of nitro benzene ring substituents is 1. The van der Waals surface area contributed by atoms with Crippen LogP contribution in [-0.4, -0.2) is 43.4 Å². The summed E-state index contributed by atoms with van der Waals surface area (Å²) in [5.74, 6) is -0.227. The summed E-state index contributed by atoms with van der Waals surface area (Å²) in [5.41, 5.74) is -0.472. The Morgan fingerprint density at radius 1 is 1.26 bits per heavy atom. The van der Waals surface area contributed by atoms with Crippen molar-refractivity contribution in [2.45, 2.75) is 26.4 Å². The number of esters is 1. The molecule has 0 unspecified atom stereocenters. The molecule has 0 radical (unpaired) electrons. The summed E-state index contributed by atoms with van der Waals surface area (Å²) in [6, 6.07) is 3.97. The molecule has 0 saturated carbocycles. The number of methoxy groups -OCH3 is 1. The van der Waals surface area contributed by atoms with Crippen molar-refractivity contribution >= 4 is 11.7 Å². The molecule has 128 valence electrons. The smallest absolute Gasteiger partial charge is 0.344 e. The van der Waals surface area contributed by atoms with Crippen molar-refractivity contribution in [3.63, 3.8) is 0 Å². The van der Waals surface area contributed by atoms with Crippen LogP contribution in [0.1, 0.15) is 20.8 Å². The second-order valence-corrected chi connectivity index (χ2v) is 5.56. The van der Waals surface area contributed by atoms with E-state index in [9.17, 15) is 14.9 Å². The van der Waals surface area contributed by atoms with Gasteiger partial charge in [0.1, 0.15) is 12.4 Å². The fraction of sp³-hybridized carbons (Fsp3) is 0.533. The maximum atomic E-state index is 11.5. The normalized spacial score (nSPS) is 11.0. The monoisotopic (exact) mass is 327 g/mol. The predicted molar refractivity (Wildman–Crippen MR) is 81.8 cm³/mol. The molecular formula is C15H21NO7. The van der Waals surface area contributed by atoms with Crippen molar-refractivity contribution in [1.29, 1.82) is 0 Å². The van der Waals surface area contributed by atoms with Crippen LogP contribution in [0.5, 0.6) is 11.5 Å². The predicted octanol–water partition coefficient (Wildman–Crippen LogP) is 2.34. The van der Waals surface area contributed by atoms with Gasteiger partial charge < -0.3 is 18.9 Å². The first-order valence-corrected chi connectivity index (χ1v) is 6.98. The lowest BCUT2D eigenvalue weighted by Crippen LogP contribution is -2.24. The van der Waals surface area contributed by atoms with Crippen LogP contribution in [0, 0.1) is 10.1 Å². The standard InChI is InChI=1S/C15H21NO7/c1-15(2,3)23-8-7-21-14(17)10-22-11-5-6-12(16(18)19)13(9-11)20-4/h5-6,9H,7-8,10H2,1-4H3. The van der Waals surface area contributed by atoms with Crippen LogP contribution in [0.4, 0.5) is 5.69 Å². The molecule has 0 fully saturated rings. The lowest BCUT2D eigenvalue weighted by molar-refractivity contribution is -0.385. The van der Waals surface area contributed by atoms with Crippen molar-refractivity contribution in [3.8, 4) is 11.5 Å². The van der Waals surface area contributed by atoms with E-state index < -0.39 is 10.9 Å². The highest BCUT2D eigenvalue weighted by Gasteiger charge is 2.16. The molecule has 0 amide bonds. The van der Waals surface area contributed by atoms with E-state index in [1.165, 1.54) is 25.3 Å². The molecular weight excluding hydrogens is 306 g/mol. The van der Waals surface area contributed by atoms with Crippen molar-refractivity contribution < 1.29 is 28.7 Å². The van der Waals surface area contributed by atoms with Crippen LogP contribution in [0.25, 0.3) is 0 Å². The number of nitrogens with zero attached hydrogens (tertiary/aromatic N) is 1. The van der Waals surface area contributed by atoms with Gasteiger partial charge in [-0.15, -0.1) is 0 Å². The quantitative estimate of drug-likeness (QED) is 0.313. The number of rotatable bonds is 8. The third kappa shape index (κ3) is 6.96. The summed E-state index contributed by atoms with van der Waals surface area (Å²) >= 11 is 0. The molecule has 8 heteroatoms. The number of ether oxygens (including phenoxy) is 4. The molecule has 0 N–H and O–H groups in total. The zero-order valence-electron chi connectivity index (χ0n) is 13.7. The van der Waals surface area contributed by atoms with E-state index in [0.29, 0.717) is 6.61 Å². The topological polar surface area (TPSA) is 97.1 Å². The van der Waals surface area contributed by atoms with Gasteiger partial charge in [0.05, 0.1) is 24.2 Å². The summed E-state index contributed by atoms with van der Waals surface area (Å²) in [5, 5.41) is 10.8. The lowest BCUT2D eigenvalue weighted by atomic mass is 10.2. The number of hydrogen-bond donors (Lipinski definition) is 0. The number of carbonyl (C=O) groups is 1. The Bertz CT molecular complexity index is 551. The lowest BCUT2D eigenvalue weighted by Gasteiger charge is -2.19. The number of benzene rings is 1. The van der Waals surface area contributed by atoms with Crippen LogP contribution in [-0.2, 0) is 14.3 Å². The Hall–Kier alpha value is -2.35. The van der Waals surface area contributed by atoms with Crippen molar-refractivity contribution in [3.05, 3.63) is 28.3 Å². The second kappa shape index (κ2) is 8.33. The van der Waals surface area contributed by atoms with E-state index >= 15 is 0 Å². The van der Waals surface area contributed by atoms with Crippen LogP contribution in [0.3, 0.4) is 0 Å². The molecule has 1 aromatic rings. The summed E-state index contributed by atoms with van der Waals surface area (Å²) in [6.07, 6.45) is 0. The Kier molecular flexibility index (Phi) is 6.77. The van der Waals surface area contributed by atoms with Crippen LogP contribution in [0.15, 0.2) is 18.2 Å². The molecule has 0 aliphatic carbocycles. The maximum Gasteiger partial charge on any atom is 0.344 e. The molecule has 1 rings (SSSR count). The summed E-state index contributed by atoms with van der Waals surface area (Å²) in [6.45, 7) is 5.82. The van der Waals surface area contributed by atoms with Gasteiger partial charge in [-0.2, -0.15) is 0 Å². The van der Waals surface area contributed by atoms with Gasteiger partial charge in [-0.1, -0.05) is 0 Å². The average Bonchev–Trinajstić information content (AvgIpc) is 2.48. The molecule has 8 nitrogen and oxygen atoms in total. The fourth-order valence-electron chi connectivity index (χ4n) is 1.59. The first-order chi connectivity index (χ1) is 10.7. The fourth-order valence-corrected chi connectivity index (χ4v) is 1.59. The Labute approximate surface area is 134 Å². The van der Waals surface area contributed by atoms with Crippen molar-refractivity contribution in [2.24, 2.45) is 0 Å². The third-order valence-electron chi connectivity index (χ3n) is 2.59. The van der Waals surface area contributed by atoms with Gasteiger partial charge >= 0.3 is 11.7 Å². The highest BCUT2D eigenvalue weighted by Crippen LogP contribution is 2.30. The molecule has 1 aromatic carbocycles. The highest BCUT2D eigenvalue weighted by molar-refractivity contribution is 5.71. The number of hydrogen-bond acceptors (Lipinski definition) is 7. The molecule has 0 saturated heterocycles. The molecule has 0 aliphatic rings. The van der Waals surface area contributed by atoms with E-state index in [0.717, 1.165) is 0 Å². The van der Waals surface area contributed by atoms with Gasteiger partial charge in [-0.3, -0.25) is 10.1 Å². The zero-order valence-corrected chi connectivity index (χ0v) is 13.7. The number of carbonyl (C=O) groups excluding carboxylic acids is 1. The minimum atomic E-state index is -0.563. The molecule has 0 bridgehead atoms. The van der Waals surface area contributed by atoms with E-state index in [1.807, 2.05) is 20.8 Å². The van der Waals surface area contributed by atoms with Crippen molar-refractivity contribution in [1.82, 2.24) is 0 Å². The van der Waals surface area contributed by atoms with E-state index in [1.54, 1.807) is 0 Å². The van der Waals surface area contributed by atoms with Gasteiger partial charge in [0.25, 0.3) is 0 Å². The first kappa shape index (κ1) is 18.7. The molecule has 23 heavy (non-hydrogen) atoms. The van der Waals surface area contributed by atoms with Gasteiger partial charge in [-0.25, -0.2) is 4.79 Å². The Morgan fingerprint density at radius 2 is 1.96 bits per heavy atom. The van der Waals surface area contributed by atoms with Gasteiger partial charge in [0.15, 0.2) is 6.61 Å². The summed E-state index contributed by atoms with van der Waals surface area (Å²) < 4.78 is 20.5. The zero-order chi connectivity index (χ0) is 17.5. The van der Waals surface area contributed by atoms with Crippen LogP contribution in [0.2, 0.25) is 0 Å². The van der Waals surface area contributed by atoms with Gasteiger partial charge in [0.2, 0.25) is 5.75 Å². The van der Waals surface area contributed by atoms with E-state index in [2.05, 4.69) is 0 Å². The Morgan fingerprint density at radius 3 is 2.52 bits per heavy atom. The van der Waals surface area contributed by atoms with E-state index in [-0.39, 0.29) is 36.0 Å². The third-order valence-corrected chi connectivity index (χ3v) is 2.59. The van der Waals surface area contributed by atoms with E-state index in [4.69, 9.17) is 18.9 Å². The molecule has 0 atom stereocenters. The Balaban J connectivity index is 2.43. The molecule has 0 heterocycles. The molecule has 0 spiro atoms. The summed E-state index contributed by atoms with van der Waals surface area (Å²) in [7, 11) is 1.32. The average molecular weight is 327 g/mol. The first-order valence-electron chi connectivity index (χ1n) is 6.98. The summed E-state index contributed by atoms with van der Waals surface area (Å²) in [4.78, 5) is 21.7.